The van der Waals surface area contributed by atoms with Gasteiger partial charge in [-0.3, -0.25) is 14.7 Å². The molecule has 1 aliphatic heterocycles. The van der Waals surface area contributed by atoms with E-state index in [1.807, 2.05) is 18.2 Å². The van der Waals surface area contributed by atoms with Gasteiger partial charge in [0, 0.05) is 56.1 Å². The van der Waals surface area contributed by atoms with Crippen LogP contribution in [0, 0.1) is 5.82 Å². The number of fused-ring (bicyclic) bond motifs is 2. The molecule has 7 nitrogen and oxygen atoms in total. The lowest BCUT2D eigenvalue weighted by atomic mass is 10.1. The Morgan fingerprint density at radius 3 is 2.71 bits per heavy atom. The average molecular weight is 418 g/mol. The minimum atomic E-state index is -0.246. The van der Waals surface area contributed by atoms with Gasteiger partial charge in [-0.2, -0.15) is 0 Å². The highest BCUT2D eigenvalue weighted by molar-refractivity contribution is 5.97. The number of H-pyrrole nitrogens is 1. The van der Waals surface area contributed by atoms with Gasteiger partial charge in [0.25, 0.3) is 5.91 Å². The van der Waals surface area contributed by atoms with Crippen LogP contribution in [0.15, 0.2) is 48.7 Å². The molecule has 2 N–H and O–H groups in total. The molecule has 0 spiro atoms. The van der Waals surface area contributed by atoms with Crippen LogP contribution in [0.25, 0.3) is 21.9 Å². The third-order valence-electron chi connectivity index (χ3n) is 5.79. The first-order valence-corrected chi connectivity index (χ1v) is 10.3. The standard InChI is InChI=1S/C23H23FN6O/c1-25-23(31)15-2-4-19-20(12-15)28-22(27-19)14-29-8-10-30(11-9-29)21-6-7-26-18-5-3-16(24)13-17(18)21/h2-7,12-13H,8-11,14H2,1H3,(H,25,31)(H,27,28). The fourth-order valence-electron chi connectivity index (χ4n) is 4.16. The van der Waals surface area contributed by atoms with Gasteiger partial charge in [-0.15, -0.1) is 0 Å². The number of hydrogen-bond donors (Lipinski definition) is 2. The van der Waals surface area contributed by atoms with Crippen LogP contribution in [0.5, 0.6) is 0 Å². The highest BCUT2D eigenvalue weighted by Gasteiger charge is 2.20. The number of anilines is 1. The van der Waals surface area contributed by atoms with Crippen molar-refractivity contribution in [3.05, 3.63) is 65.9 Å². The molecule has 0 saturated carbocycles. The van der Waals surface area contributed by atoms with Gasteiger partial charge in [0.1, 0.15) is 11.6 Å². The highest BCUT2D eigenvalue weighted by Crippen LogP contribution is 2.27. The van der Waals surface area contributed by atoms with Gasteiger partial charge in [-0.05, 0) is 42.5 Å². The first-order valence-electron chi connectivity index (χ1n) is 10.3. The van der Waals surface area contributed by atoms with Crippen molar-refractivity contribution in [2.45, 2.75) is 6.54 Å². The van der Waals surface area contributed by atoms with Gasteiger partial charge in [-0.25, -0.2) is 9.37 Å². The minimum Gasteiger partial charge on any atom is -0.368 e. The quantitative estimate of drug-likeness (QED) is 0.533. The molecule has 0 bridgehead atoms. The molecule has 1 fully saturated rings. The average Bonchev–Trinajstić information content (AvgIpc) is 3.20. The van der Waals surface area contributed by atoms with Crippen LogP contribution in [0.3, 0.4) is 0 Å². The van der Waals surface area contributed by atoms with Crippen molar-refractivity contribution in [1.29, 1.82) is 0 Å². The molecule has 1 aliphatic rings. The number of nitrogens with zero attached hydrogens (tertiary/aromatic N) is 4. The summed E-state index contributed by atoms with van der Waals surface area (Å²) in [7, 11) is 1.62. The summed E-state index contributed by atoms with van der Waals surface area (Å²) in [5.41, 5.74) is 4.15. The molecule has 4 aromatic rings. The van der Waals surface area contributed by atoms with E-state index >= 15 is 0 Å². The molecule has 2 aromatic heterocycles. The number of carbonyl (C=O) groups excluding carboxylic acids is 1. The van der Waals surface area contributed by atoms with E-state index in [-0.39, 0.29) is 11.7 Å². The molecule has 1 saturated heterocycles. The van der Waals surface area contributed by atoms with Crippen molar-refractivity contribution < 1.29 is 9.18 Å². The highest BCUT2D eigenvalue weighted by atomic mass is 19.1. The van der Waals surface area contributed by atoms with E-state index in [9.17, 15) is 9.18 Å². The molecule has 1 amide bonds. The predicted molar refractivity (Wildman–Crippen MR) is 119 cm³/mol. The third kappa shape index (κ3) is 3.82. The summed E-state index contributed by atoms with van der Waals surface area (Å²) in [4.78, 5) is 28.8. The van der Waals surface area contributed by atoms with Crippen LogP contribution in [-0.4, -0.2) is 59.0 Å². The van der Waals surface area contributed by atoms with Crippen molar-refractivity contribution in [3.8, 4) is 0 Å². The van der Waals surface area contributed by atoms with E-state index in [2.05, 4.69) is 30.1 Å². The second kappa shape index (κ2) is 7.96. The number of aromatic nitrogens is 3. The van der Waals surface area contributed by atoms with Gasteiger partial charge in [0.05, 0.1) is 23.1 Å². The second-order valence-corrected chi connectivity index (χ2v) is 7.75. The Labute approximate surface area is 178 Å². The number of rotatable bonds is 4. The Bertz CT molecular complexity index is 1260. The molecular weight excluding hydrogens is 395 g/mol. The lowest BCUT2D eigenvalue weighted by molar-refractivity contribution is 0.0963. The molecule has 0 aliphatic carbocycles. The molecule has 8 heteroatoms. The normalized spacial score (nSPS) is 15.0. The number of pyridine rings is 1. The lowest BCUT2D eigenvalue weighted by Crippen LogP contribution is -2.46. The van der Waals surface area contributed by atoms with Crippen molar-refractivity contribution >= 4 is 33.5 Å². The number of nitrogens with one attached hydrogen (secondary N) is 2. The van der Waals surface area contributed by atoms with Crippen LogP contribution in [0.1, 0.15) is 16.2 Å². The monoisotopic (exact) mass is 418 g/mol. The molecule has 2 aromatic carbocycles. The zero-order valence-electron chi connectivity index (χ0n) is 17.2. The van der Waals surface area contributed by atoms with Gasteiger partial charge in [0.15, 0.2) is 0 Å². The van der Waals surface area contributed by atoms with Gasteiger partial charge >= 0.3 is 0 Å². The number of aromatic amines is 1. The lowest BCUT2D eigenvalue weighted by Gasteiger charge is -2.36. The Balaban J connectivity index is 1.28. The summed E-state index contributed by atoms with van der Waals surface area (Å²) in [6, 6.07) is 12.2. The summed E-state index contributed by atoms with van der Waals surface area (Å²) < 4.78 is 13.8. The number of imidazole rings is 1. The first-order chi connectivity index (χ1) is 15.1. The molecule has 0 atom stereocenters. The van der Waals surface area contributed by atoms with Crippen LogP contribution >= 0.6 is 0 Å². The SMILES string of the molecule is CNC(=O)c1ccc2nc(CN3CCN(c4ccnc5ccc(F)cc45)CC3)[nH]c2c1. The van der Waals surface area contributed by atoms with Gasteiger partial charge in [-0.1, -0.05) is 0 Å². The summed E-state index contributed by atoms with van der Waals surface area (Å²) in [6.07, 6.45) is 1.78. The van der Waals surface area contributed by atoms with Crippen LogP contribution < -0.4 is 10.2 Å². The van der Waals surface area contributed by atoms with Crippen molar-refractivity contribution in [3.63, 3.8) is 0 Å². The number of benzene rings is 2. The maximum Gasteiger partial charge on any atom is 0.251 e. The Kier molecular flexibility index (Phi) is 4.99. The molecule has 0 unspecified atom stereocenters. The first kappa shape index (κ1) is 19.4. The number of amides is 1. The van der Waals surface area contributed by atoms with Gasteiger partial charge < -0.3 is 15.2 Å². The van der Waals surface area contributed by atoms with Crippen LogP contribution in [0.2, 0.25) is 0 Å². The van der Waals surface area contributed by atoms with Crippen LogP contribution in [0.4, 0.5) is 10.1 Å². The van der Waals surface area contributed by atoms with E-state index in [0.717, 1.165) is 59.6 Å². The topological polar surface area (TPSA) is 77.2 Å². The van der Waals surface area contributed by atoms with E-state index in [1.54, 1.807) is 31.4 Å². The molecule has 3 heterocycles. The zero-order valence-corrected chi connectivity index (χ0v) is 17.2. The second-order valence-electron chi connectivity index (χ2n) is 7.75. The maximum absolute atomic E-state index is 13.8. The van der Waals surface area contributed by atoms with Gasteiger partial charge in [0.2, 0.25) is 0 Å². The Morgan fingerprint density at radius 1 is 1.10 bits per heavy atom. The molecular formula is C23H23FN6O. The smallest absolute Gasteiger partial charge is 0.251 e. The predicted octanol–water partition coefficient (Wildman–Crippen LogP) is 2.93. The summed E-state index contributed by atoms with van der Waals surface area (Å²) in [6.45, 7) is 4.15. The van der Waals surface area contributed by atoms with E-state index < -0.39 is 0 Å². The molecule has 5 rings (SSSR count). The number of piperazine rings is 1. The van der Waals surface area contributed by atoms with Crippen molar-refractivity contribution in [1.82, 2.24) is 25.2 Å². The van der Waals surface area contributed by atoms with E-state index in [1.165, 1.54) is 6.07 Å². The summed E-state index contributed by atoms with van der Waals surface area (Å²) >= 11 is 0. The number of hydrogen-bond acceptors (Lipinski definition) is 5. The fraction of sp³-hybridized carbons (Fsp3) is 0.261. The number of carbonyl (C=O) groups is 1. The fourth-order valence-corrected chi connectivity index (χ4v) is 4.16. The van der Waals surface area contributed by atoms with E-state index in [0.29, 0.717) is 12.1 Å². The largest absolute Gasteiger partial charge is 0.368 e. The Hall–Kier alpha value is -3.52. The van der Waals surface area contributed by atoms with Crippen LogP contribution in [-0.2, 0) is 6.54 Å². The summed E-state index contributed by atoms with van der Waals surface area (Å²) in [5, 5.41) is 3.49. The minimum absolute atomic E-state index is 0.113. The molecule has 158 valence electrons. The Morgan fingerprint density at radius 2 is 1.90 bits per heavy atom. The van der Waals surface area contributed by atoms with Crippen molar-refractivity contribution in [2.24, 2.45) is 0 Å². The summed E-state index contributed by atoms with van der Waals surface area (Å²) in [5.74, 6) is 0.525. The maximum atomic E-state index is 13.8. The molecule has 0 radical (unpaired) electrons. The van der Waals surface area contributed by atoms with Crippen molar-refractivity contribution in [2.75, 3.05) is 38.1 Å². The third-order valence-corrected chi connectivity index (χ3v) is 5.79. The number of halogens is 1. The molecule has 31 heavy (non-hydrogen) atoms. The van der Waals surface area contributed by atoms with E-state index in [4.69, 9.17) is 0 Å². The zero-order chi connectivity index (χ0) is 21.4.